The molecule has 0 fully saturated rings. The van der Waals surface area contributed by atoms with Crippen LogP contribution in [0.2, 0.25) is 0 Å². The Kier molecular flexibility index (Phi) is 8.31. The highest BCUT2D eigenvalue weighted by Gasteiger charge is 2.14. The largest absolute Gasteiger partial charge is 0.496 e. The van der Waals surface area contributed by atoms with Gasteiger partial charge in [-0.25, -0.2) is 0 Å². The lowest BCUT2D eigenvalue weighted by Crippen LogP contribution is -2.30. The number of carbonyl (C=O) groups excluding carboxylic acids is 1. The summed E-state index contributed by atoms with van der Waals surface area (Å²) in [5.74, 6) is 2.86. The average molecular weight is 454 g/mol. The molecule has 0 heterocycles. The zero-order chi connectivity index (χ0) is 19.8. The van der Waals surface area contributed by atoms with E-state index in [0.717, 1.165) is 27.1 Å². The standard InChI is InChI=1S/C20H24BrNO4S/c1-13(27-12-15-6-7-17(24-2)16(21)9-15)20(23)22-11-14-5-8-18(25-3)19(10-14)26-4/h5-10,13H,11-12H2,1-4H3,(H,22,23). The van der Waals surface area contributed by atoms with Gasteiger partial charge in [0, 0.05) is 12.3 Å². The Hall–Kier alpha value is -1.86. The van der Waals surface area contributed by atoms with Gasteiger partial charge in [0.1, 0.15) is 5.75 Å². The summed E-state index contributed by atoms with van der Waals surface area (Å²) < 4.78 is 16.7. The number of amides is 1. The summed E-state index contributed by atoms with van der Waals surface area (Å²) in [6.07, 6.45) is 0. The number of nitrogens with one attached hydrogen (secondary N) is 1. The van der Waals surface area contributed by atoms with E-state index in [0.29, 0.717) is 18.0 Å². The summed E-state index contributed by atoms with van der Waals surface area (Å²) >= 11 is 5.07. The van der Waals surface area contributed by atoms with Gasteiger partial charge in [-0.3, -0.25) is 4.79 Å². The molecule has 146 valence electrons. The molecule has 2 aromatic carbocycles. The van der Waals surface area contributed by atoms with Crippen molar-refractivity contribution in [1.29, 1.82) is 0 Å². The minimum absolute atomic E-state index is 0.00219. The number of hydrogen-bond donors (Lipinski definition) is 1. The first-order valence-electron chi connectivity index (χ1n) is 8.41. The van der Waals surface area contributed by atoms with Crippen LogP contribution in [0.4, 0.5) is 0 Å². The topological polar surface area (TPSA) is 56.8 Å². The summed E-state index contributed by atoms with van der Waals surface area (Å²) in [6.45, 7) is 2.35. The zero-order valence-corrected chi connectivity index (χ0v) is 18.3. The first kappa shape index (κ1) is 21.4. The smallest absolute Gasteiger partial charge is 0.233 e. The van der Waals surface area contributed by atoms with Crippen molar-refractivity contribution in [2.75, 3.05) is 21.3 Å². The Bertz CT molecular complexity index is 785. The highest BCUT2D eigenvalue weighted by Crippen LogP contribution is 2.29. The number of ether oxygens (including phenoxy) is 3. The van der Waals surface area contributed by atoms with Crippen molar-refractivity contribution >= 4 is 33.6 Å². The zero-order valence-electron chi connectivity index (χ0n) is 15.9. The first-order valence-corrected chi connectivity index (χ1v) is 10.2. The minimum atomic E-state index is -0.161. The van der Waals surface area contributed by atoms with Gasteiger partial charge in [-0.15, -0.1) is 11.8 Å². The van der Waals surface area contributed by atoms with E-state index >= 15 is 0 Å². The van der Waals surface area contributed by atoms with Crippen LogP contribution in [-0.4, -0.2) is 32.5 Å². The highest BCUT2D eigenvalue weighted by atomic mass is 79.9. The third kappa shape index (κ3) is 6.07. The Morgan fingerprint density at radius 3 is 2.26 bits per heavy atom. The van der Waals surface area contributed by atoms with Crippen LogP contribution in [0.5, 0.6) is 17.2 Å². The number of benzene rings is 2. The molecule has 0 bridgehead atoms. The van der Waals surface area contributed by atoms with Gasteiger partial charge in [0.2, 0.25) is 5.91 Å². The lowest BCUT2D eigenvalue weighted by Gasteiger charge is -2.14. The van der Waals surface area contributed by atoms with Crippen LogP contribution >= 0.6 is 27.7 Å². The van der Waals surface area contributed by atoms with Gasteiger partial charge in [0.05, 0.1) is 31.1 Å². The molecule has 0 aliphatic heterocycles. The fourth-order valence-electron chi connectivity index (χ4n) is 2.42. The number of methoxy groups -OCH3 is 3. The average Bonchev–Trinajstić information content (AvgIpc) is 2.69. The van der Waals surface area contributed by atoms with Gasteiger partial charge in [0.25, 0.3) is 0 Å². The number of hydrogen-bond acceptors (Lipinski definition) is 5. The molecule has 1 unspecified atom stereocenters. The molecule has 2 rings (SSSR count). The molecule has 0 aromatic heterocycles. The summed E-state index contributed by atoms with van der Waals surface area (Å²) in [5.41, 5.74) is 2.09. The Morgan fingerprint density at radius 1 is 1.00 bits per heavy atom. The molecule has 27 heavy (non-hydrogen) atoms. The van der Waals surface area contributed by atoms with Gasteiger partial charge < -0.3 is 19.5 Å². The van der Waals surface area contributed by atoms with Crippen LogP contribution in [0, 0.1) is 0 Å². The number of thioether (sulfide) groups is 1. The molecule has 0 spiro atoms. The van der Waals surface area contributed by atoms with E-state index < -0.39 is 0 Å². The van der Waals surface area contributed by atoms with Crippen LogP contribution in [0.1, 0.15) is 18.1 Å². The summed E-state index contributed by atoms with van der Waals surface area (Å²) in [4.78, 5) is 12.4. The SMILES string of the molecule is COc1ccc(CSC(C)C(=O)NCc2ccc(OC)c(OC)c2)cc1Br. The molecule has 0 radical (unpaired) electrons. The predicted molar refractivity (Wildman–Crippen MR) is 113 cm³/mol. The van der Waals surface area contributed by atoms with Crippen LogP contribution < -0.4 is 19.5 Å². The van der Waals surface area contributed by atoms with Gasteiger partial charge in [0.15, 0.2) is 11.5 Å². The fourth-order valence-corrected chi connectivity index (χ4v) is 3.86. The molecule has 0 saturated heterocycles. The van der Waals surface area contributed by atoms with Gasteiger partial charge in [-0.05, 0) is 58.2 Å². The molecule has 2 aromatic rings. The molecule has 1 atom stereocenters. The highest BCUT2D eigenvalue weighted by molar-refractivity contribution is 9.10. The summed E-state index contributed by atoms with van der Waals surface area (Å²) in [7, 11) is 4.83. The molecule has 0 aliphatic rings. The van der Waals surface area contributed by atoms with Crippen molar-refractivity contribution in [3.63, 3.8) is 0 Å². The van der Waals surface area contributed by atoms with E-state index in [4.69, 9.17) is 14.2 Å². The summed E-state index contributed by atoms with van der Waals surface area (Å²) in [6, 6.07) is 11.5. The van der Waals surface area contributed by atoms with Crippen LogP contribution in [0.25, 0.3) is 0 Å². The number of carbonyl (C=O) groups is 1. The second-order valence-electron chi connectivity index (χ2n) is 5.83. The molecule has 1 amide bonds. The van der Waals surface area contributed by atoms with Crippen LogP contribution in [-0.2, 0) is 17.1 Å². The molecular weight excluding hydrogens is 430 g/mol. The molecular formula is C20H24BrNO4S. The number of rotatable bonds is 9. The van der Waals surface area contributed by atoms with E-state index in [-0.39, 0.29) is 11.2 Å². The second kappa shape index (κ2) is 10.5. The Morgan fingerprint density at radius 2 is 1.63 bits per heavy atom. The van der Waals surface area contributed by atoms with Crippen molar-refractivity contribution < 1.29 is 19.0 Å². The Labute approximate surface area is 172 Å². The van der Waals surface area contributed by atoms with E-state index in [1.54, 1.807) is 33.1 Å². The van der Waals surface area contributed by atoms with E-state index in [1.807, 2.05) is 43.3 Å². The first-order chi connectivity index (χ1) is 13.0. The second-order valence-corrected chi connectivity index (χ2v) is 8.01. The lowest BCUT2D eigenvalue weighted by atomic mass is 10.2. The van der Waals surface area contributed by atoms with Crippen molar-refractivity contribution in [3.8, 4) is 17.2 Å². The maximum Gasteiger partial charge on any atom is 0.233 e. The quantitative estimate of drug-likeness (QED) is 0.608. The minimum Gasteiger partial charge on any atom is -0.496 e. The van der Waals surface area contributed by atoms with Gasteiger partial charge >= 0.3 is 0 Å². The maximum absolute atomic E-state index is 12.4. The molecule has 5 nitrogen and oxygen atoms in total. The predicted octanol–water partition coefficient (Wildman–Crippen LogP) is 4.41. The Balaban J connectivity index is 1.86. The third-order valence-corrected chi connectivity index (χ3v) is 5.83. The summed E-state index contributed by atoms with van der Waals surface area (Å²) in [5, 5.41) is 2.81. The van der Waals surface area contributed by atoms with Gasteiger partial charge in [-0.2, -0.15) is 0 Å². The van der Waals surface area contributed by atoms with E-state index in [9.17, 15) is 4.79 Å². The van der Waals surface area contributed by atoms with Gasteiger partial charge in [-0.1, -0.05) is 12.1 Å². The van der Waals surface area contributed by atoms with Crippen LogP contribution in [0.15, 0.2) is 40.9 Å². The third-order valence-electron chi connectivity index (χ3n) is 4.00. The molecule has 7 heteroatoms. The maximum atomic E-state index is 12.4. The van der Waals surface area contributed by atoms with E-state index in [2.05, 4.69) is 21.2 Å². The molecule has 0 aliphatic carbocycles. The lowest BCUT2D eigenvalue weighted by molar-refractivity contribution is -0.120. The van der Waals surface area contributed by atoms with Crippen LogP contribution in [0.3, 0.4) is 0 Å². The van der Waals surface area contributed by atoms with Crippen molar-refractivity contribution in [1.82, 2.24) is 5.32 Å². The van der Waals surface area contributed by atoms with Crippen molar-refractivity contribution in [2.45, 2.75) is 24.5 Å². The van der Waals surface area contributed by atoms with E-state index in [1.165, 1.54) is 0 Å². The molecule has 1 N–H and O–H groups in total. The van der Waals surface area contributed by atoms with Crippen molar-refractivity contribution in [3.05, 3.63) is 52.0 Å². The monoisotopic (exact) mass is 453 g/mol. The fraction of sp³-hybridized carbons (Fsp3) is 0.350. The molecule has 0 saturated carbocycles. The van der Waals surface area contributed by atoms with Crippen molar-refractivity contribution in [2.24, 2.45) is 0 Å². The normalized spacial score (nSPS) is 11.6. The number of halogens is 1.